The number of carbonyl (C=O) groups is 1. The Labute approximate surface area is 225 Å². The number of fused-ring (bicyclic) bond motifs is 1. The van der Waals surface area contributed by atoms with Crippen LogP contribution in [0.15, 0.2) is 71.6 Å². The number of unbranched alkanes of at least 4 members (excludes halogenated alkanes) is 1. The molecular weight excluding hydrogens is 532 g/mol. The van der Waals surface area contributed by atoms with E-state index in [1.165, 1.54) is 0 Å². The number of piperazine rings is 1. The average Bonchev–Trinajstić information content (AvgIpc) is 3.38. The van der Waals surface area contributed by atoms with E-state index in [2.05, 4.69) is 53.1 Å². The van der Waals surface area contributed by atoms with Gasteiger partial charge in [0.15, 0.2) is 0 Å². The van der Waals surface area contributed by atoms with Crippen LogP contribution in [0.4, 0.5) is 5.69 Å². The zero-order valence-electron chi connectivity index (χ0n) is 20.9. The smallest absolute Gasteiger partial charge is 0.251 e. The van der Waals surface area contributed by atoms with E-state index in [1.54, 1.807) is 13.3 Å². The quantitative estimate of drug-likeness (QED) is 0.303. The number of imidazole rings is 1. The Morgan fingerprint density at radius 2 is 1.89 bits per heavy atom. The van der Waals surface area contributed by atoms with Crippen molar-refractivity contribution in [3.05, 3.63) is 77.2 Å². The molecule has 0 spiro atoms. The molecule has 192 valence electrons. The first-order valence-corrected chi connectivity index (χ1v) is 13.4. The van der Waals surface area contributed by atoms with Gasteiger partial charge in [0.05, 0.1) is 18.5 Å². The molecule has 37 heavy (non-hydrogen) atoms. The maximum absolute atomic E-state index is 12.6. The third kappa shape index (κ3) is 6.11. The van der Waals surface area contributed by atoms with Crippen LogP contribution in [-0.4, -0.2) is 71.6 Å². The maximum atomic E-state index is 12.6. The summed E-state index contributed by atoms with van der Waals surface area (Å²) >= 11 is 3.51. The lowest BCUT2D eigenvalue weighted by molar-refractivity contribution is 0.0952. The molecule has 0 bridgehead atoms. The second-order valence-corrected chi connectivity index (χ2v) is 10.1. The molecule has 5 rings (SSSR count). The Morgan fingerprint density at radius 1 is 1.08 bits per heavy atom. The molecule has 9 heteroatoms. The number of rotatable bonds is 9. The van der Waals surface area contributed by atoms with Crippen molar-refractivity contribution in [3.63, 3.8) is 0 Å². The fraction of sp³-hybridized carbons (Fsp3) is 0.321. The van der Waals surface area contributed by atoms with Crippen molar-refractivity contribution in [1.82, 2.24) is 24.6 Å². The van der Waals surface area contributed by atoms with Crippen molar-refractivity contribution in [1.29, 1.82) is 0 Å². The second kappa shape index (κ2) is 11.7. The summed E-state index contributed by atoms with van der Waals surface area (Å²) < 4.78 is 8.47. The van der Waals surface area contributed by atoms with Crippen LogP contribution in [0.2, 0.25) is 0 Å². The first kappa shape index (κ1) is 25.2. The zero-order chi connectivity index (χ0) is 25.6. The Bertz CT molecular complexity index is 1320. The highest BCUT2D eigenvalue weighted by molar-refractivity contribution is 9.10. The van der Waals surface area contributed by atoms with Crippen LogP contribution < -0.4 is 15.0 Å². The SMILES string of the molecule is COc1cc(Br)ccc1N1CCN(CCCCNC(=O)c2ccc(-c3cn4cccnc4n3)cc2)CC1. The van der Waals surface area contributed by atoms with Crippen molar-refractivity contribution in [2.24, 2.45) is 0 Å². The van der Waals surface area contributed by atoms with E-state index in [-0.39, 0.29) is 5.91 Å². The summed E-state index contributed by atoms with van der Waals surface area (Å²) in [5.41, 5.74) is 3.60. The molecule has 4 aromatic rings. The summed E-state index contributed by atoms with van der Waals surface area (Å²) in [5.74, 6) is 1.52. The molecule has 1 aliphatic heterocycles. The Balaban J connectivity index is 1.02. The van der Waals surface area contributed by atoms with Gasteiger partial charge in [-0.25, -0.2) is 9.97 Å². The van der Waals surface area contributed by atoms with Gasteiger partial charge < -0.3 is 15.0 Å². The second-order valence-electron chi connectivity index (χ2n) is 9.14. The van der Waals surface area contributed by atoms with E-state index in [9.17, 15) is 4.79 Å². The lowest BCUT2D eigenvalue weighted by Gasteiger charge is -2.36. The summed E-state index contributed by atoms with van der Waals surface area (Å²) in [6.07, 6.45) is 7.60. The number of ether oxygens (including phenoxy) is 1. The first-order valence-electron chi connectivity index (χ1n) is 12.6. The van der Waals surface area contributed by atoms with Gasteiger partial charge in [-0.05, 0) is 55.8 Å². The molecule has 1 N–H and O–H groups in total. The van der Waals surface area contributed by atoms with Crippen molar-refractivity contribution in [2.45, 2.75) is 12.8 Å². The summed E-state index contributed by atoms with van der Waals surface area (Å²) in [6, 6.07) is 15.6. The summed E-state index contributed by atoms with van der Waals surface area (Å²) in [6.45, 7) is 5.74. The van der Waals surface area contributed by atoms with Gasteiger partial charge in [0, 0.05) is 66.9 Å². The minimum absolute atomic E-state index is 0.0414. The molecule has 1 fully saturated rings. The molecule has 0 aliphatic carbocycles. The average molecular weight is 564 g/mol. The predicted molar refractivity (Wildman–Crippen MR) is 149 cm³/mol. The van der Waals surface area contributed by atoms with Crippen molar-refractivity contribution >= 4 is 33.3 Å². The van der Waals surface area contributed by atoms with Gasteiger partial charge in [0.2, 0.25) is 5.78 Å². The minimum Gasteiger partial charge on any atom is -0.495 e. The van der Waals surface area contributed by atoms with E-state index in [0.29, 0.717) is 17.9 Å². The number of hydrogen-bond acceptors (Lipinski definition) is 6. The van der Waals surface area contributed by atoms with Crippen LogP contribution in [0.5, 0.6) is 5.75 Å². The van der Waals surface area contributed by atoms with E-state index >= 15 is 0 Å². The van der Waals surface area contributed by atoms with Crippen LogP contribution in [0.3, 0.4) is 0 Å². The molecule has 1 amide bonds. The number of carbonyl (C=O) groups excluding carboxylic acids is 1. The molecule has 0 radical (unpaired) electrons. The van der Waals surface area contributed by atoms with E-state index in [4.69, 9.17) is 4.74 Å². The molecule has 0 atom stereocenters. The highest BCUT2D eigenvalue weighted by atomic mass is 79.9. The monoisotopic (exact) mass is 562 g/mol. The number of halogens is 1. The number of amides is 1. The van der Waals surface area contributed by atoms with Gasteiger partial charge in [-0.1, -0.05) is 28.1 Å². The molecule has 1 aliphatic rings. The number of nitrogens with zero attached hydrogens (tertiary/aromatic N) is 5. The maximum Gasteiger partial charge on any atom is 0.251 e. The molecule has 2 aromatic carbocycles. The van der Waals surface area contributed by atoms with Crippen LogP contribution in [0.1, 0.15) is 23.2 Å². The van der Waals surface area contributed by atoms with Gasteiger partial charge in [-0.15, -0.1) is 0 Å². The van der Waals surface area contributed by atoms with Crippen LogP contribution in [-0.2, 0) is 0 Å². The van der Waals surface area contributed by atoms with Crippen molar-refractivity contribution in [2.75, 3.05) is 51.3 Å². The molecule has 0 unspecified atom stereocenters. The zero-order valence-corrected chi connectivity index (χ0v) is 22.5. The fourth-order valence-electron chi connectivity index (χ4n) is 4.65. The number of anilines is 1. The number of hydrogen-bond donors (Lipinski definition) is 1. The van der Waals surface area contributed by atoms with Gasteiger partial charge >= 0.3 is 0 Å². The molecule has 8 nitrogen and oxygen atoms in total. The highest BCUT2D eigenvalue weighted by Crippen LogP contribution is 2.32. The third-order valence-electron chi connectivity index (χ3n) is 6.72. The van der Waals surface area contributed by atoms with Crippen molar-refractivity contribution < 1.29 is 9.53 Å². The topological polar surface area (TPSA) is 75.0 Å². The van der Waals surface area contributed by atoms with Gasteiger partial charge in [-0.3, -0.25) is 14.1 Å². The minimum atomic E-state index is -0.0414. The summed E-state index contributed by atoms with van der Waals surface area (Å²) in [5, 5.41) is 3.05. The predicted octanol–water partition coefficient (Wildman–Crippen LogP) is 4.50. The largest absolute Gasteiger partial charge is 0.495 e. The molecule has 3 heterocycles. The Hall–Kier alpha value is -3.43. The lowest BCUT2D eigenvalue weighted by atomic mass is 10.1. The van der Waals surface area contributed by atoms with E-state index < -0.39 is 0 Å². The van der Waals surface area contributed by atoms with Crippen LogP contribution in [0.25, 0.3) is 17.0 Å². The van der Waals surface area contributed by atoms with Crippen LogP contribution in [0, 0.1) is 0 Å². The van der Waals surface area contributed by atoms with E-state index in [1.807, 2.05) is 53.2 Å². The van der Waals surface area contributed by atoms with Crippen molar-refractivity contribution in [3.8, 4) is 17.0 Å². The Kier molecular flexibility index (Phi) is 8.01. The van der Waals surface area contributed by atoms with Gasteiger partial charge in [0.25, 0.3) is 5.91 Å². The molecule has 1 saturated heterocycles. The normalized spacial score (nSPS) is 14.2. The Morgan fingerprint density at radius 3 is 2.65 bits per heavy atom. The summed E-state index contributed by atoms with van der Waals surface area (Å²) in [4.78, 5) is 26.2. The number of nitrogens with one attached hydrogen (secondary N) is 1. The molecular formula is C28H31BrN6O2. The number of benzene rings is 2. The number of aromatic nitrogens is 3. The first-order chi connectivity index (χ1) is 18.1. The molecule has 2 aromatic heterocycles. The van der Waals surface area contributed by atoms with Gasteiger partial charge in [0.1, 0.15) is 5.75 Å². The lowest BCUT2D eigenvalue weighted by Crippen LogP contribution is -2.46. The number of methoxy groups -OCH3 is 1. The van der Waals surface area contributed by atoms with E-state index in [0.717, 1.165) is 72.7 Å². The summed E-state index contributed by atoms with van der Waals surface area (Å²) in [7, 11) is 1.72. The fourth-order valence-corrected chi connectivity index (χ4v) is 4.99. The van der Waals surface area contributed by atoms with Gasteiger partial charge in [-0.2, -0.15) is 0 Å². The third-order valence-corrected chi connectivity index (χ3v) is 7.21. The standard InChI is InChI=1S/C28H31BrN6O2/c1-37-26-19-23(29)9-10-25(26)34-17-15-33(16-18-34)13-3-2-11-30-27(36)22-7-5-21(6-8-22)24-20-35-14-4-12-31-28(35)32-24/h4-10,12,14,19-20H,2-3,11,13,15-18H2,1H3,(H,30,36). The highest BCUT2D eigenvalue weighted by Gasteiger charge is 2.19. The molecule has 0 saturated carbocycles. The van der Waals surface area contributed by atoms with Crippen LogP contribution >= 0.6 is 15.9 Å².